The van der Waals surface area contributed by atoms with E-state index in [0.717, 1.165) is 0 Å². The van der Waals surface area contributed by atoms with Gasteiger partial charge >= 0.3 is 0 Å². The van der Waals surface area contributed by atoms with E-state index in [-0.39, 0.29) is 5.54 Å². The van der Waals surface area contributed by atoms with Crippen molar-refractivity contribution in [3.8, 4) is 0 Å². The molecule has 0 spiro atoms. The van der Waals surface area contributed by atoms with Crippen molar-refractivity contribution in [2.24, 2.45) is 5.84 Å². The molecule has 2 N–H and O–H groups in total. The Balaban J connectivity index is 0. The molecule has 0 aliphatic heterocycles. The smallest absolute Gasteiger partial charge is 0.0470 e. The van der Waals surface area contributed by atoms with E-state index < -0.39 is 0 Å². The zero-order valence-electron chi connectivity index (χ0n) is 7.81. The zero-order valence-corrected chi connectivity index (χ0v) is 7.81. The average Bonchev–Trinajstić information content (AvgIpc) is 1.89. The normalized spacial score (nSPS) is 9.40. The van der Waals surface area contributed by atoms with Crippen LogP contribution in [0.25, 0.3) is 0 Å². The fraction of sp³-hybridized carbons (Fsp3) is 0.750. The summed E-state index contributed by atoms with van der Waals surface area (Å²) in [5.41, 5.74) is 0.00174. The highest BCUT2D eigenvalue weighted by Gasteiger charge is 2.12. The number of nitrogens with zero attached hydrogens (tertiary/aromatic N) is 1. The van der Waals surface area contributed by atoms with Gasteiger partial charge in [0.2, 0.25) is 0 Å². The molecule has 0 atom stereocenters. The number of nitrogens with two attached hydrogens (primary N) is 1. The average molecular weight is 144 g/mol. The number of hydrogen-bond donors (Lipinski definition) is 1. The molecule has 10 heavy (non-hydrogen) atoms. The summed E-state index contributed by atoms with van der Waals surface area (Å²) in [7, 11) is 0. The largest absolute Gasteiger partial charge is 0.314 e. The molecule has 0 saturated carbocycles. The van der Waals surface area contributed by atoms with E-state index in [2.05, 4.69) is 6.58 Å². The number of hydrogen-bond acceptors (Lipinski definition) is 2. The fourth-order valence-electron chi connectivity index (χ4n) is 0.274. The van der Waals surface area contributed by atoms with Crippen molar-refractivity contribution in [2.45, 2.75) is 40.2 Å². The van der Waals surface area contributed by atoms with E-state index in [9.17, 15) is 0 Å². The maximum absolute atomic E-state index is 5.47. The van der Waals surface area contributed by atoms with Gasteiger partial charge in [0.1, 0.15) is 0 Å². The van der Waals surface area contributed by atoms with Gasteiger partial charge in [0.15, 0.2) is 0 Å². The lowest BCUT2D eigenvalue weighted by Crippen LogP contribution is -2.42. The van der Waals surface area contributed by atoms with E-state index in [1.54, 1.807) is 11.2 Å². The van der Waals surface area contributed by atoms with Crippen LogP contribution in [0.5, 0.6) is 0 Å². The third-order valence-electron chi connectivity index (χ3n) is 0.971. The van der Waals surface area contributed by atoms with Gasteiger partial charge in [-0.05, 0) is 20.8 Å². The number of rotatable bonds is 1. The molecule has 0 aromatic rings. The van der Waals surface area contributed by atoms with Crippen molar-refractivity contribution in [3.63, 3.8) is 0 Å². The van der Waals surface area contributed by atoms with Crippen LogP contribution in [0.3, 0.4) is 0 Å². The van der Waals surface area contributed by atoms with Crippen molar-refractivity contribution in [3.05, 3.63) is 12.8 Å². The van der Waals surface area contributed by atoms with Crippen LogP contribution in [-0.2, 0) is 0 Å². The molecule has 0 fully saturated rings. The van der Waals surface area contributed by atoms with E-state index in [1.807, 2.05) is 34.6 Å². The summed E-state index contributed by atoms with van der Waals surface area (Å²) in [6.45, 7) is 13.6. The van der Waals surface area contributed by atoms with Gasteiger partial charge in [-0.15, -0.1) is 0 Å². The van der Waals surface area contributed by atoms with Crippen LogP contribution in [-0.4, -0.2) is 10.5 Å². The lowest BCUT2D eigenvalue weighted by Gasteiger charge is -2.29. The summed E-state index contributed by atoms with van der Waals surface area (Å²) in [6.07, 6.45) is 1.61. The second-order valence-electron chi connectivity index (χ2n) is 2.76. The molecule has 0 radical (unpaired) electrons. The molecule has 2 heteroatoms. The van der Waals surface area contributed by atoms with Crippen LogP contribution in [0, 0.1) is 0 Å². The highest BCUT2D eigenvalue weighted by Crippen LogP contribution is 2.06. The highest BCUT2D eigenvalue weighted by molar-refractivity contribution is 4.78. The van der Waals surface area contributed by atoms with Gasteiger partial charge in [-0.2, -0.15) is 0 Å². The molecular weight excluding hydrogens is 124 g/mol. The monoisotopic (exact) mass is 144 g/mol. The second-order valence-corrected chi connectivity index (χ2v) is 2.76. The third-order valence-corrected chi connectivity index (χ3v) is 0.971. The molecule has 0 heterocycles. The quantitative estimate of drug-likeness (QED) is 0.451. The summed E-state index contributed by atoms with van der Waals surface area (Å²) in [5.74, 6) is 5.47. The maximum Gasteiger partial charge on any atom is 0.0470 e. The van der Waals surface area contributed by atoms with E-state index in [0.29, 0.717) is 0 Å². The van der Waals surface area contributed by atoms with E-state index in [4.69, 9.17) is 5.84 Å². The Morgan fingerprint density at radius 3 is 1.60 bits per heavy atom. The van der Waals surface area contributed by atoms with Crippen LogP contribution >= 0.6 is 0 Å². The predicted molar refractivity (Wildman–Crippen MR) is 47.3 cm³/mol. The van der Waals surface area contributed by atoms with Crippen molar-refractivity contribution in [1.29, 1.82) is 0 Å². The summed E-state index contributed by atoms with van der Waals surface area (Å²) >= 11 is 0. The molecule has 62 valence electrons. The molecule has 0 bridgehead atoms. The van der Waals surface area contributed by atoms with Crippen molar-refractivity contribution in [1.82, 2.24) is 5.01 Å². The molecule has 2 nitrogen and oxygen atoms in total. The Morgan fingerprint density at radius 2 is 1.60 bits per heavy atom. The number of hydrazine groups is 1. The maximum atomic E-state index is 5.47. The Labute approximate surface area is 64.7 Å². The first-order chi connectivity index (χ1) is 4.48. The molecule has 0 aliphatic rings. The van der Waals surface area contributed by atoms with Crippen LogP contribution in [0.15, 0.2) is 12.8 Å². The van der Waals surface area contributed by atoms with Gasteiger partial charge in [0, 0.05) is 11.7 Å². The molecule has 0 amide bonds. The summed E-state index contributed by atoms with van der Waals surface area (Å²) in [5, 5.41) is 1.58. The van der Waals surface area contributed by atoms with Crippen molar-refractivity contribution in [2.75, 3.05) is 0 Å². The summed E-state index contributed by atoms with van der Waals surface area (Å²) in [6, 6.07) is 0. The molecule has 0 aliphatic carbocycles. The van der Waals surface area contributed by atoms with Crippen LogP contribution < -0.4 is 5.84 Å². The minimum absolute atomic E-state index is 0.00174. The van der Waals surface area contributed by atoms with Gasteiger partial charge in [0.25, 0.3) is 0 Å². The molecule has 0 unspecified atom stereocenters. The molecule has 0 aromatic carbocycles. The third kappa shape index (κ3) is 5.63. The Bertz CT molecular complexity index is 81.7. The van der Waals surface area contributed by atoms with E-state index >= 15 is 0 Å². The highest BCUT2D eigenvalue weighted by atomic mass is 15.4. The first-order valence-electron chi connectivity index (χ1n) is 3.65. The summed E-state index contributed by atoms with van der Waals surface area (Å²) in [4.78, 5) is 0. The van der Waals surface area contributed by atoms with E-state index in [1.165, 1.54) is 0 Å². The van der Waals surface area contributed by atoms with Gasteiger partial charge < -0.3 is 5.01 Å². The van der Waals surface area contributed by atoms with Gasteiger partial charge in [0.05, 0.1) is 0 Å². The Morgan fingerprint density at radius 1 is 1.30 bits per heavy atom. The second kappa shape index (κ2) is 5.30. The molecule has 0 saturated heterocycles. The fourth-order valence-corrected chi connectivity index (χ4v) is 0.274. The minimum Gasteiger partial charge on any atom is -0.314 e. The van der Waals surface area contributed by atoms with Crippen LogP contribution in [0.1, 0.15) is 34.6 Å². The SMILES string of the molecule is C=CN(N)C(C)(C)C.CC. The lowest BCUT2D eigenvalue weighted by molar-refractivity contribution is 0.211. The zero-order chi connectivity index (χ0) is 8.78. The standard InChI is InChI=1S/C6H14N2.C2H6/c1-5-8(7)6(2,3)4;1-2/h5H,1,7H2,2-4H3;1-2H3. The first kappa shape index (κ1) is 12.2. The van der Waals surface area contributed by atoms with Crippen LogP contribution in [0.4, 0.5) is 0 Å². The lowest BCUT2D eigenvalue weighted by atomic mass is 10.1. The topological polar surface area (TPSA) is 29.3 Å². The molecular formula is C8H20N2. The van der Waals surface area contributed by atoms with Gasteiger partial charge in [-0.1, -0.05) is 20.4 Å². The van der Waals surface area contributed by atoms with Gasteiger partial charge in [-0.25, -0.2) is 5.84 Å². The molecule has 0 rings (SSSR count). The van der Waals surface area contributed by atoms with Crippen LogP contribution in [0.2, 0.25) is 0 Å². The predicted octanol–water partition coefficient (Wildman–Crippen LogP) is 2.13. The Kier molecular flexibility index (Phi) is 6.46. The summed E-state index contributed by atoms with van der Waals surface area (Å²) < 4.78 is 0. The van der Waals surface area contributed by atoms with Gasteiger partial charge in [-0.3, -0.25) is 0 Å². The van der Waals surface area contributed by atoms with Crippen molar-refractivity contribution < 1.29 is 0 Å². The van der Waals surface area contributed by atoms with Crippen molar-refractivity contribution >= 4 is 0 Å². The first-order valence-corrected chi connectivity index (χ1v) is 3.65. The minimum atomic E-state index is 0.00174. The molecule has 0 aromatic heterocycles. The Hall–Kier alpha value is -0.500.